The molecule has 2 atom stereocenters. The van der Waals surface area contributed by atoms with E-state index in [9.17, 15) is 0 Å². The molecule has 5 heteroatoms. The number of rotatable bonds is 2. The summed E-state index contributed by atoms with van der Waals surface area (Å²) in [6.45, 7) is 29.0. The van der Waals surface area contributed by atoms with Gasteiger partial charge in [0, 0.05) is 43.9 Å². The number of benzene rings is 5. The fourth-order valence-corrected chi connectivity index (χ4v) is 12.8. The lowest BCUT2D eigenvalue weighted by Crippen LogP contribution is -2.64. The number of hydrogen-bond acceptors (Lipinski definition) is 3. The second-order valence-electron chi connectivity index (χ2n) is 23.3. The van der Waals surface area contributed by atoms with E-state index in [4.69, 9.17) is 16.0 Å². The van der Waals surface area contributed by atoms with Crippen molar-refractivity contribution in [3.05, 3.63) is 118 Å². The molecule has 6 aromatic rings. The van der Waals surface area contributed by atoms with E-state index in [2.05, 4.69) is 178 Å². The topological polar surface area (TPSA) is 19.6 Å². The first-order valence-electron chi connectivity index (χ1n) is 23.1. The average molecular weight is 825 g/mol. The van der Waals surface area contributed by atoms with Crippen LogP contribution < -0.4 is 26.2 Å². The number of halogens is 1. The van der Waals surface area contributed by atoms with E-state index in [1.165, 1.54) is 91.4 Å². The molecule has 0 amide bonds. The smallest absolute Gasteiger partial charge is 0.257 e. The highest BCUT2D eigenvalue weighted by Crippen LogP contribution is 2.63. The van der Waals surface area contributed by atoms with E-state index >= 15 is 0 Å². The molecular weight excluding hydrogens is 763 g/mol. The van der Waals surface area contributed by atoms with E-state index in [0.29, 0.717) is 0 Å². The molecule has 2 unspecified atom stereocenters. The molecule has 3 nitrogen and oxygen atoms in total. The van der Waals surface area contributed by atoms with Crippen LogP contribution in [0.3, 0.4) is 0 Å². The molecule has 3 aliphatic heterocycles. The van der Waals surface area contributed by atoms with Crippen LogP contribution in [0.15, 0.2) is 89.3 Å². The molecule has 1 fully saturated rings. The number of anilines is 5. The molecule has 2 aliphatic carbocycles. The van der Waals surface area contributed by atoms with E-state index in [0.717, 1.165) is 47.1 Å². The first kappa shape index (κ1) is 39.4. The molecule has 0 spiro atoms. The lowest BCUT2D eigenvalue weighted by molar-refractivity contribution is 0.195. The summed E-state index contributed by atoms with van der Waals surface area (Å²) in [6.07, 6.45) is 7.11. The Balaban J connectivity index is 1.31. The van der Waals surface area contributed by atoms with Crippen LogP contribution in [0.5, 0.6) is 0 Å². The normalized spacial score (nSPS) is 23.1. The summed E-state index contributed by atoms with van der Waals surface area (Å²) in [5.41, 5.74) is 19.3. The van der Waals surface area contributed by atoms with Gasteiger partial charge in [-0.25, -0.2) is 0 Å². The standard InChI is InChI=1S/C56H62BClN2O/c1-51(2,3)34-20-21-43(37(26-34)33-18-14-13-15-19-33)59-44-29-36(58)30-45-48(44)57(47-38-31-39-40(32-46(38)61-50(47)59)54(9,10)25-24-53(39,7)8)42-28-35(52(4,5)6)27-41-49(42)60(45)56(12)23-17-16-22-55(41,56)11/h13-15,18-21,26-32H,16-17,22-25H2,1-12H3. The molecule has 4 heterocycles. The minimum atomic E-state index is -0.107. The quantitative estimate of drug-likeness (QED) is 0.162. The van der Waals surface area contributed by atoms with Gasteiger partial charge in [-0.2, -0.15) is 0 Å². The summed E-state index contributed by atoms with van der Waals surface area (Å²) >= 11 is 7.50. The van der Waals surface area contributed by atoms with E-state index in [-0.39, 0.29) is 39.3 Å². The van der Waals surface area contributed by atoms with Crippen molar-refractivity contribution >= 4 is 74.3 Å². The van der Waals surface area contributed by atoms with Crippen LogP contribution in [0.1, 0.15) is 149 Å². The van der Waals surface area contributed by atoms with Crippen molar-refractivity contribution in [3.63, 3.8) is 0 Å². The highest BCUT2D eigenvalue weighted by molar-refractivity contribution is 7.01. The molecule has 0 saturated heterocycles. The summed E-state index contributed by atoms with van der Waals surface area (Å²) < 4.78 is 7.55. The molecule has 0 radical (unpaired) electrons. The van der Waals surface area contributed by atoms with Gasteiger partial charge in [-0.1, -0.05) is 149 Å². The Morgan fingerprint density at radius 2 is 1.28 bits per heavy atom. The molecule has 61 heavy (non-hydrogen) atoms. The number of hydrogen-bond donors (Lipinski definition) is 0. The molecule has 1 aromatic heterocycles. The van der Waals surface area contributed by atoms with Crippen LogP contribution in [0.25, 0.3) is 22.1 Å². The van der Waals surface area contributed by atoms with Crippen molar-refractivity contribution in [1.82, 2.24) is 0 Å². The van der Waals surface area contributed by atoms with Gasteiger partial charge in [0.25, 0.3) is 6.71 Å². The number of furan rings is 1. The number of nitrogens with zero attached hydrogens (tertiary/aromatic N) is 2. The van der Waals surface area contributed by atoms with Gasteiger partial charge in [-0.3, -0.25) is 4.90 Å². The summed E-state index contributed by atoms with van der Waals surface area (Å²) in [4.78, 5) is 5.27. The van der Waals surface area contributed by atoms with E-state index in [1.807, 2.05) is 0 Å². The van der Waals surface area contributed by atoms with Crippen LogP contribution in [-0.2, 0) is 27.1 Å². The highest BCUT2D eigenvalue weighted by atomic mass is 35.5. The SMILES string of the molecule is CC(C)(C)c1ccc(N2c3cc(Cl)cc4c3B(c3cc(C(C)(C)C)cc5c3N4C3(C)CCCCC53C)c3c2oc2cc4c(cc32)C(C)(C)CCC4(C)C)c(-c2ccccc2)c1. The van der Waals surface area contributed by atoms with Crippen molar-refractivity contribution in [3.8, 4) is 11.1 Å². The maximum Gasteiger partial charge on any atom is 0.257 e. The molecular formula is C56H62BClN2O. The van der Waals surface area contributed by atoms with Gasteiger partial charge >= 0.3 is 0 Å². The Labute approximate surface area is 370 Å². The van der Waals surface area contributed by atoms with Gasteiger partial charge in [-0.05, 0) is 135 Å². The molecule has 11 rings (SSSR count). The Morgan fingerprint density at radius 3 is 1.97 bits per heavy atom. The summed E-state index contributed by atoms with van der Waals surface area (Å²) in [6, 6.07) is 32.8. The largest absolute Gasteiger partial charge is 0.440 e. The minimum absolute atomic E-state index is 0.0157. The third kappa shape index (κ3) is 5.30. The van der Waals surface area contributed by atoms with Crippen LogP contribution in [-0.4, -0.2) is 12.3 Å². The fraction of sp³-hybridized carbons (Fsp3) is 0.429. The predicted octanol–water partition coefficient (Wildman–Crippen LogP) is 14.1. The lowest BCUT2D eigenvalue weighted by Gasteiger charge is -2.52. The zero-order chi connectivity index (χ0) is 43.0. The monoisotopic (exact) mass is 824 g/mol. The zero-order valence-electron chi connectivity index (χ0n) is 38.6. The molecule has 0 N–H and O–H groups in total. The lowest BCUT2D eigenvalue weighted by atomic mass is 9.33. The molecule has 5 aliphatic rings. The van der Waals surface area contributed by atoms with Crippen molar-refractivity contribution < 1.29 is 4.42 Å². The molecule has 0 bridgehead atoms. The third-order valence-corrected chi connectivity index (χ3v) is 16.9. The van der Waals surface area contributed by atoms with Crippen LogP contribution in [0, 0.1) is 0 Å². The summed E-state index contributed by atoms with van der Waals surface area (Å²) in [5, 5.41) is 2.00. The second-order valence-corrected chi connectivity index (χ2v) is 23.8. The third-order valence-electron chi connectivity index (χ3n) is 16.6. The summed E-state index contributed by atoms with van der Waals surface area (Å²) in [7, 11) is 0. The van der Waals surface area contributed by atoms with Crippen molar-refractivity contribution in [2.45, 2.75) is 154 Å². The molecule has 5 aromatic carbocycles. The second kappa shape index (κ2) is 12.4. The van der Waals surface area contributed by atoms with Gasteiger partial charge < -0.3 is 9.32 Å². The van der Waals surface area contributed by atoms with Gasteiger partial charge in [0.05, 0.1) is 11.2 Å². The van der Waals surface area contributed by atoms with Crippen LogP contribution >= 0.6 is 11.6 Å². The van der Waals surface area contributed by atoms with Crippen molar-refractivity contribution in [2.75, 3.05) is 9.80 Å². The molecule has 1 saturated carbocycles. The van der Waals surface area contributed by atoms with Gasteiger partial charge in [-0.15, -0.1) is 0 Å². The zero-order valence-corrected chi connectivity index (χ0v) is 39.3. The minimum Gasteiger partial charge on any atom is -0.440 e. The van der Waals surface area contributed by atoms with Crippen LogP contribution in [0.2, 0.25) is 5.02 Å². The maximum absolute atomic E-state index is 7.55. The van der Waals surface area contributed by atoms with Crippen molar-refractivity contribution in [2.24, 2.45) is 0 Å². The Kier molecular flexibility index (Phi) is 8.02. The predicted molar refractivity (Wildman–Crippen MR) is 261 cm³/mol. The average Bonchev–Trinajstić information content (AvgIpc) is 3.67. The van der Waals surface area contributed by atoms with Gasteiger partial charge in [0.15, 0.2) is 0 Å². The number of fused-ring (bicyclic) bond motifs is 10. The first-order chi connectivity index (χ1) is 28.6. The fourth-order valence-electron chi connectivity index (χ4n) is 12.6. The molecule has 312 valence electrons. The van der Waals surface area contributed by atoms with Gasteiger partial charge in [0.2, 0.25) is 5.88 Å². The van der Waals surface area contributed by atoms with E-state index < -0.39 is 0 Å². The van der Waals surface area contributed by atoms with Crippen molar-refractivity contribution in [1.29, 1.82) is 0 Å². The Bertz CT molecular complexity index is 2850. The summed E-state index contributed by atoms with van der Waals surface area (Å²) in [5.74, 6) is 0.913. The highest BCUT2D eigenvalue weighted by Gasteiger charge is 2.62. The Morgan fingerprint density at radius 1 is 0.623 bits per heavy atom. The van der Waals surface area contributed by atoms with Gasteiger partial charge in [0.1, 0.15) is 5.58 Å². The first-order valence-corrected chi connectivity index (χ1v) is 23.5. The van der Waals surface area contributed by atoms with E-state index in [1.54, 1.807) is 0 Å². The Hall–Kier alpha value is -4.41. The maximum atomic E-state index is 7.55. The van der Waals surface area contributed by atoms with Crippen LogP contribution in [0.4, 0.5) is 28.6 Å².